The molecule has 0 rings (SSSR count). The summed E-state index contributed by atoms with van der Waals surface area (Å²) in [6.45, 7) is 10.9. The summed E-state index contributed by atoms with van der Waals surface area (Å²) in [4.78, 5) is 2.73. The monoisotopic (exact) mass is 283 g/mol. The molecule has 0 aliphatic rings. The van der Waals surface area contributed by atoms with Gasteiger partial charge < -0.3 is 4.90 Å². The van der Waals surface area contributed by atoms with E-state index in [2.05, 4.69) is 25.7 Å². The Labute approximate surface area is 129 Å². The summed E-state index contributed by atoms with van der Waals surface area (Å²) in [6, 6.07) is 0. The van der Waals surface area contributed by atoms with Crippen molar-refractivity contribution in [1.29, 1.82) is 0 Å². The Bertz CT molecular complexity index is 167. The molecule has 0 amide bonds. The van der Waals surface area contributed by atoms with Crippen LogP contribution in [0.1, 0.15) is 104 Å². The van der Waals surface area contributed by atoms with Gasteiger partial charge in [-0.3, -0.25) is 0 Å². The van der Waals surface area contributed by atoms with Crippen LogP contribution >= 0.6 is 0 Å². The normalized spacial score (nSPS) is 11.4. The van der Waals surface area contributed by atoms with Crippen molar-refractivity contribution >= 4 is 0 Å². The van der Waals surface area contributed by atoms with Crippen LogP contribution < -0.4 is 0 Å². The van der Waals surface area contributed by atoms with Crippen molar-refractivity contribution in [2.45, 2.75) is 104 Å². The molecule has 1 nitrogen and oxygen atoms in total. The fourth-order valence-corrected chi connectivity index (χ4v) is 2.77. The Kier molecular flexibility index (Phi) is 17.0. The van der Waals surface area contributed by atoms with Gasteiger partial charge >= 0.3 is 0 Å². The molecule has 122 valence electrons. The molecule has 0 saturated heterocycles. The molecule has 0 fully saturated rings. The van der Waals surface area contributed by atoms with Gasteiger partial charge in [-0.1, -0.05) is 85.0 Å². The van der Waals surface area contributed by atoms with Gasteiger partial charge in [-0.15, -0.1) is 0 Å². The predicted molar refractivity (Wildman–Crippen MR) is 93.5 cm³/mol. The maximum atomic E-state index is 2.73. The third kappa shape index (κ3) is 14.4. The first-order valence-electron chi connectivity index (χ1n) is 9.57. The summed E-state index contributed by atoms with van der Waals surface area (Å²) < 4.78 is 0. The third-order valence-corrected chi connectivity index (χ3v) is 4.23. The predicted octanol–water partition coefficient (Wildman–Crippen LogP) is 6.42. The fraction of sp³-hybridized carbons (Fsp3) is 1.00. The van der Waals surface area contributed by atoms with E-state index in [1.807, 2.05) is 0 Å². The maximum absolute atomic E-state index is 2.73. The van der Waals surface area contributed by atoms with Crippen LogP contribution in [0.3, 0.4) is 0 Å². The zero-order chi connectivity index (χ0) is 14.9. The van der Waals surface area contributed by atoms with Gasteiger partial charge in [-0.25, -0.2) is 0 Å². The van der Waals surface area contributed by atoms with Crippen LogP contribution in [0.15, 0.2) is 0 Å². The second kappa shape index (κ2) is 17.0. The van der Waals surface area contributed by atoms with Crippen LogP contribution in [-0.2, 0) is 0 Å². The summed E-state index contributed by atoms with van der Waals surface area (Å²) in [5, 5.41) is 0. The van der Waals surface area contributed by atoms with Crippen molar-refractivity contribution in [3.05, 3.63) is 0 Å². The molecular formula is C19H41N. The lowest BCUT2D eigenvalue weighted by molar-refractivity contribution is 0.256. The molecule has 0 bridgehead atoms. The molecule has 0 aromatic carbocycles. The summed E-state index contributed by atoms with van der Waals surface area (Å²) >= 11 is 0. The molecule has 0 radical (unpaired) electrons. The van der Waals surface area contributed by atoms with E-state index in [-0.39, 0.29) is 0 Å². The van der Waals surface area contributed by atoms with E-state index in [0.29, 0.717) is 0 Å². The topological polar surface area (TPSA) is 3.24 Å². The minimum atomic E-state index is 1.33. The molecule has 0 aromatic rings. The van der Waals surface area contributed by atoms with E-state index >= 15 is 0 Å². The van der Waals surface area contributed by atoms with E-state index < -0.39 is 0 Å². The highest BCUT2D eigenvalue weighted by Crippen LogP contribution is 2.09. The summed E-state index contributed by atoms with van der Waals surface area (Å²) in [5.74, 6) is 0. The van der Waals surface area contributed by atoms with Gasteiger partial charge in [0.15, 0.2) is 0 Å². The van der Waals surface area contributed by atoms with Crippen molar-refractivity contribution < 1.29 is 0 Å². The Hall–Kier alpha value is -0.0400. The minimum absolute atomic E-state index is 1.33. The largest absolute Gasteiger partial charge is 0.303 e. The standard InChI is InChI=1S/C19H41N/c1-4-7-10-12-14-16-19-20(17-9-6-3)18-15-13-11-8-5-2/h4-19H2,1-3H3. The van der Waals surface area contributed by atoms with Crippen molar-refractivity contribution in [2.75, 3.05) is 19.6 Å². The first-order chi connectivity index (χ1) is 9.85. The van der Waals surface area contributed by atoms with Gasteiger partial charge in [0.2, 0.25) is 0 Å². The van der Waals surface area contributed by atoms with Crippen LogP contribution in [0.2, 0.25) is 0 Å². The zero-order valence-electron chi connectivity index (χ0n) is 14.8. The number of unbranched alkanes of at least 4 members (excludes halogenated alkanes) is 10. The zero-order valence-corrected chi connectivity index (χ0v) is 14.8. The van der Waals surface area contributed by atoms with Crippen LogP contribution in [0.5, 0.6) is 0 Å². The van der Waals surface area contributed by atoms with E-state index in [4.69, 9.17) is 0 Å². The SMILES string of the molecule is CCCCCCCCN(CCCC)CCCCCCC. The second-order valence-corrected chi connectivity index (χ2v) is 6.38. The number of rotatable bonds is 16. The van der Waals surface area contributed by atoms with E-state index in [1.165, 1.54) is 103 Å². The van der Waals surface area contributed by atoms with Crippen molar-refractivity contribution in [2.24, 2.45) is 0 Å². The van der Waals surface area contributed by atoms with Gasteiger partial charge in [-0.2, -0.15) is 0 Å². The van der Waals surface area contributed by atoms with Gasteiger partial charge in [-0.05, 0) is 38.9 Å². The molecule has 0 aliphatic heterocycles. The summed E-state index contributed by atoms with van der Waals surface area (Å²) in [5.41, 5.74) is 0. The number of nitrogens with zero attached hydrogens (tertiary/aromatic N) is 1. The Balaban J connectivity index is 3.56. The summed E-state index contributed by atoms with van der Waals surface area (Å²) in [6.07, 6.45) is 18.3. The molecule has 0 aliphatic carbocycles. The van der Waals surface area contributed by atoms with Crippen molar-refractivity contribution in [3.8, 4) is 0 Å². The maximum Gasteiger partial charge on any atom is -0.00187 e. The van der Waals surface area contributed by atoms with Crippen LogP contribution in [0, 0.1) is 0 Å². The lowest BCUT2D eigenvalue weighted by atomic mass is 10.1. The molecule has 0 N–H and O–H groups in total. The molecule has 0 aromatic heterocycles. The van der Waals surface area contributed by atoms with Gasteiger partial charge in [0.05, 0.1) is 0 Å². The highest BCUT2D eigenvalue weighted by atomic mass is 15.1. The lowest BCUT2D eigenvalue weighted by Crippen LogP contribution is -2.27. The average Bonchev–Trinajstić information content (AvgIpc) is 2.47. The van der Waals surface area contributed by atoms with E-state index in [0.717, 1.165) is 0 Å². The Morgan fingerprint density at radius 1 is 0.400 bits per heavy atom. The third-order valence-electron chi connectivity index (χ3n) is 4.23. The van der Waals surface area contributed by atoms with E-state index in [9.17, 15) is 0 Å². The Morgan fingerprint density at radius 3 is 1.20 bits per heavy atom. The van der Waals surface area contributed by atoms with Crippen molar-refractivity contribution in [1.82, 2.24) is 4.90 Å². The minimum Gasteiger partial charge on any atom is -0.303 e. The highest BCUT2D eigenvalue weighted by Gasteiger charge is 2.03. The molecule has 0 saturated carbocycles. The van der Waals surface area contributed by atoms with Crippen LogP contribution in [-0.4, -0.2) is 24.5 Å². The highest BCUT2D eigenvalue weighted by molar-refractivity contribution is 4.59. The summed E-state index contributed by atoms with van der Waals surface area (Å²) in [7, 11) is 0. The van der Waals surface area contributed by atoms with E-state index in [1.54, 1.807) is 0 Å². The van der Waals surface area contributed by atoms with Crippen LogP contribution in [0.25, 0.3) is 0 Å². The van der Waals surface area contributed by atoms with Gasteiger partial charge in [0, 0.05) is 0 Å². The molecule has 20 heavy (non-hydrogen) atoms. The molecule has 0 spiro atoms. The van der Waals surface area contributed by atoms with Crippen molar-refractivity contribution in [3.63, 3.8) is 0 Å². The first kappa shape index (κ1) is 20.0. The van der Waals surface area contributed by atoms with Gasteiger partial charge in [0.25, 0.3) is 0 Å². The lowest BCUT2D eigenvalue weighted by Gasteiger charge is -2.22. The Morgan fingerprint density at radius 2 is 0.750 bits per heavy atom. The molecular weight excluding hydrogens is 242 g/mol. The average molecular weight is 284 g/mol. The van der Waals surface area contributed by atoms with Gasteiger partial charge in [0.1, 0.15) is 0 Å². The molecule has 0 atom stereocenters. The molecule has 0 heterocycles. The number of hydrogen-bond donors (Lipinski definition) is 0. The second-order valence-electron chi connectivity index (χ2n) is 6.38. The smallest absolute Gasteiger partial charge is 0.00187 e. The number of hydrogen-bond acceptors (Lipinski definition) is 1. The molecule has 1 heteroatoms. The quantitative estimate of drug-likeness (QED) is 0.295. The fourth-order valence-electron chi connectivity index (χ4n) is 2.77. The molecule has 0 unspecified atom stereocenters. The van der Waals surface area contributed by atoms with Crippen LogP contribution in [0.4, 0.5) is 0 Å². The first-order valence-corrected chi connectivity index (χ1v) is 9.57.